The van der Waals surface area contributed by atoms with Gasteiger partial charge >= 0.3 is 0 Å². The zero-order valence-corrected chi connectivity index (χ0v) is 10.7. The van der Waals surface area contributed by atoms with E-state index in [1.54, 1.807) is 0 Å². The molecular weight excluding hydrogens is 210 g/mol. The molecule has 0 aliphatic rings. The quantitative estimate of drug-likeness (QED) is 0.873. The van der Waals surface area contributed by atoms with Crippen LogP contribution in [-0.4, -0.2) is 16.1 Å². The van der Waals surface area contributed by atoms with E-state index in [9.17, 15) is 0 Å². The van der Waals surface area contributed by atoms with Gasteiger partial charge in [-0.25, -0.2) is 4.98 Å². The Morgan fingerprint density at radius 3 is 2.65 bits per heavy atom. The molecule has 0 atom stereocenters. The molecule has 0 aliphatic carbocycles. The third-order valence-electron chi connectivity index (χ3n) is 2.94. The van der Waals surface area contributed by atoms with Gasteiger partial charge in [-0.3, -0.25) is 0 Å². The molecule has 0 spiro atoms. The summed E-state index contributed by atoms with van der Waals surface area (Å²) in [5.41, 5.74) is 3.79. The van der Waals surface area contributed by atoms with Crippen LogP contribution in [0.4, 0.5) is 5.95 Å². The highest BCUT2D eigenvalue weighted by molar-refractivity contribution is 5.30. The van der Waals surface area contributed by atoms with Crippen molar-refractivity contribution < 1.29 is 0 Å². The van der Waals surface area contributed by atoms with E-state index >= 15 is 0 Å². The van der Waals surface area contributed by atoms with Crippen LogP contribution < -0.4 is 5.32 Å². The summed E-state index contributed by atoms with van der Waals surface area (Å²) in [7, 11) is 2.01. The molecule has 0 radical (unpaired) electrons. The molecule has 0 amide bonds. The van der Waals surface area contributed by atoms with Gasteiger partial charge in [0.2, 0.25) is 5.95 Å². The van der Waals surface area contributed by atoms with Crippen LogP contribution in [0.2, 0.25) is 0 Å². The number of nitrogens with zero attached hydrogens (tertiary/aromatic N) is 2. The Bertz CT molecular complexity index is 500. The summed E-state index contributed by atoms with van der Waals surface area (Å²) in [5.74, 6) is 0.941. The number of rotatable bonds is 4. The van der Waals surface area contributed by atoms with Crippen LogP contribution >= 0.6 is 0 Å². The summed E-state index contributed by atoms with van der Waals surface area (Å²) in [5, 5.41) is 3.36. The predicted molar refractivity (Wildman–Crippen MR) is 71.3 cm³/mol. The smallest absolute Gasteiger partial charge is 0.202 e. The van der Waals surface area contributed by atoms with Crippen LogP contribution in [0.1, 0.15) is 16.8 Å². The molecular formula is C14H19N3. The SMILES string of the molecule is Cc1cn(C)c(NCCc2ccccc2C)n1. The zero-order chi connectivity index (χ0) is 12.3. The van der Waals surface area contributed by atoms with Gasteiger partial charge in [0.05, 0.1) is 5.69 Å². The van der Waals surface area contributed by atoms with Crippen LogP contribution in [0.25, 0.3) is 0 Å². The molecule has 1 heterocycles. The lowest BCUT2D eigenvalue weighted by atomic mass is 10.1. The molecule has 0 saturated carbocycles. The molecule has 1 N–H and O–H groups in total. The first kappa shape index (κ1) is 11.7. The zero-order valence-electron chi connectivity index (χ0n) is 10.7. The van der Waals surface area contributed by atoms with Gasteiger partial charge in [0.1, 0.15) is 0 Å². The van der Waals surface area contributed by atoms with Gasteiger partial charge in [0, 0.05) is 19.8 Å². The molecule has 0 saturated heterocycles. The van der Waals surface area contributed by atoms with Crippen molar-refractivity contribution in [2.75, 3.05) is 11.9 Å². The minimum atomic E-state index is 0.912. The van der Waals surface area contributed by atoms with Crippen LogP contribution in [0.3, 0.4) is 0 Å². The van der Waals surface area contributed by atoms with E-state index in [-0.39, 0.29) is 0 Å². The molecule has 3 heteroatoms. The fourth-order valence-corrected chi connectivity index (χ4v) is 1.98. The first-order valence-electron chi connectivity index (χ1n) is 5.95. The van der Waals surface area contributed by atoms with Crippen molar-refractivity contribution in [2.24, 2.45) is 7.05 Å². The Morgan fingerprint density at radius 2 is 2.00 bits per heavy atom. The number of imidazole rings is 1. The first-order chi connectivity index (χ1) is 8.16. The Labute approximate surface area is 103 Å². The van der Waals surface area contributed by atoms with Gasteiger partial charge < -0.3 is 9.88 Å². The summed E-state index contributed by atoms with van der Waals surface area (Å²) in [6, 6.07) is 8.50. The standard InChI is InChI=1S/C14H19N3/c1-11-6-4-5-7-13(11)8-9-15-14-16-12(2)10-17(14)3/h4-7,10H,8-9H2,1-3H3,(H,15,16). The van der Waals surface area contributed by atoms with Crippen molar-refractivity contribution in [2.45, 2.75) is 20.3 Å². The average molecular weight is 229 g/mol. The molecule has 17 heavy (non-hydrogen) atoms. The fraction of sp³-hybridized carbons (Fsp3) is 0.357. The largest absolute Gasteiger partial charge is 0.355 e. The third kappa shape index (κ3) is 2.87. The minimum Gasteiger partial charge on any atom is -0.355 e. The van der Waals surface area contributed by atoms with Crippen molar-refractivity contribution in [3.8, 4) is 0 Å². The maximum Gasteiger partial charge on any atom is 0.202 e. The van der Waals surface area contributed by atoms with Crippen molar-refractivity contribution in [1.82, 2.24) is 9.55 Å². The number of nitrogens with one attached hydrogen (secondary N) is 1. The van der Waals surface area contributed by atoms with Gasteiger partial charge in [0.15, 0.2) is 0 Å². The molecule has 0 unspecified atom stereocenters. The van der Waals surface area contributed by atoms with Crippen molar-refractivity contribution in [3.05, 3.63) is 47.3 Å². The molecule has 0 bridgehead atoms. The summed E-state index contributed by atoms with van der Waals surface area (Å²) in [4.78, 5) is 4.42. The van der Waals surface area contributed by atoms with Crippen LogP contribution in [0.5, 0.6) is 0 Å². The van der Waals surface area contributed by atoms with Gasteiger partial charge in [-0.1, -0.05) is 24.3 Å². The highest BCUT2D eigenvalue weighted by atomic mass is 15.2. The second-order valence-corrected chi connectivity index (χ2v) is 4.42. The van der Waals surface area contributed by atoms with Gasteiger partial charge in [-0.05, 0) is 31.4 Å². The van der Waals surface area contributed by atoms with E-state index < -0.39 is 0 Å². The van der Waals surface area contributed by atoms with E-state index in [0.717, 1.165) is 24.6 Å². The molecule has 90 valence electrons. The molecule has 0 aliphatic heterocycles. The topological polar surface area (TPSA) is 29.9 Å². The number of benzene rings is 1. The molecule has 2 rings (SSSR count). The summed E-state index contributed by atoms with van der Waals surface area (Å²) >= 11 is 0. The lowest BCUT2D eigenvalue weighted by Gasteiger charge is -2.07. The molecule has 0 fully saturated rings. The number of anilines is 1. The van der Waals surface area contributed by atoms with Crippen LogP contribution in [0, 0.1) is 13.8 Å². The summed E-state index contributed by atoms with van der Waals surface area (Å²) < 4.78 is 2.02. The van der Waals surface area contributed by atoms with E-state index in [2.05, 4.69) is 41.5 Å². The Balaban J connectivity index is 1.92. The maximum absolute atomic E-state index is 4.42. The Morgan fingerprint density at radius 1 is 1.24 bits per heavy atom. The van der Waals surface area contributed by atoms with E-state index in [0.29, 0.717) is 0 Å². The second-order valence-electron chi connectivity index (χ2n) is 4.42. The second kappa shape index (κ2) is 5.04. The number of hydrogen-bond donors (Lipinski definition) is 1. The molecule has 1 aromatic carbocycles. The maximum atomic E-state index is 4.42. The van der Waals surface area contributed by atoms with Crippen molar-refractivity contribution >= 4 is 5.95 Å². The number of hydrogen-bond acceptors (Lipinski definition) is 2. The van der Waals surface area contributed by atoms with Gasteiger partial charge in [0.25, 0.3) is 0 Å². The average Bonchev–Trinajstić information content (AvgIpc) is 2.60. The van der Waals surface area contributed by atoms with Crippen LogP contribution in [0.15, 0.2) is 30.5 Å². The normalized spacial score (nSPS) is 10.5. The Kier molecular flexibility index (Phi) is 3.47. The van der Waals surface area contributed by atoms with E-state index in [1.165, 1.54) is 11.1 Å². The molecule has 3 nitrogen and oxygen atoms in total. The number of aromatic nitrogens is 2. The first-order valence-corrected chi connectivity index (χ1v) is 5.95. The molecule has 1 aromatic heterocycles. The number of aryl methyl sites for hydroxylation is 3. The third-order valence-corrected chi connectivity index (χ3v) is 2.94. The molecule has 2 aromatic rings. The van der Waals surface area contributed by atoms with Crippen molar-refractivity contribution in [1.29, 1.82) is 0 Å². The lowest BCUT2D eigenvalue weighted by molar-refractivity contribution is 0.888. The van der Waals surface area contributed by atoms with E-state index in [1.807, 2.05) is 24.7 Å². The van der Waals surface area contributed by atoms with Crippen LogP contribution in [-0.2, 0) is 13.5 Å². The predicted octanol–water partition coefficient (Wildman–Crippen LogP) is 2.69. The van der Waals surface area contributed by atoms with Gasteiger partial charge in [-0.15, -0.1) is 0 Å². The highest BCUT2D eigenvalue weighted by Gasteiger charge is 2.01. The Hall–Kier alpha value is -1.77. The summed E-state index contributed by atoms with van der Waals surface area (Å²) in [6.45, 7) is 5.07. The highest BCUT2D eigenvalue weighted by Crippen LogP contribution is 2.09. The van der Waals surface area contributed by atoms with Crippen molar-refractivity contribution in [3.63, 3.8) is 0 Å². The lowest BCUT2D eigenvalue weighted by Crippen LogP contribution is -2.09. The summed E-state index contributed by atoms with van der Waals surface area (Å²) in [6.07, 6.45) is 3.05. The van der Waals surface area contributed by atoms with E-state index in [4.69, 9.17) is 0 Å². The fourth-order valence-electron chi connectivity index (χ4n) is 1.98. The van der Waals surface area contributed by atoms with Gasteiger partial charge in [-0.2, -0.15) is 0 Å². The monoisotopic (exact) mass is 229 g/mol. The minimum absolute atomic E-state index is 0.912.